The lowest BCUT2D eigenvalue weighted by atomic mass is 10.2. The van der Waals surface area contributed by atoms with Gasteiger partial charge in [-0.05, 0) is 19.3 Å². The van der Waals surface area contributed by atoms with Gasteiger partial charge in [-0.3, -0.25) is 0 Å². The SMILES string of the molecule is CCc1nnc(NCC(Cl)CC)nc1CC. The molecule has 4 nitrogen and oxygen atoms in total. The molecule has 1 unspecified atom stereocenters. The molecule has 1 aromatic heterocycles. The maximum absolute atomic E-state index is 6.01. The van der Waals surface area contributed by atoms with Gasteiger partial charge in [0.2, 0.25) is 5.95 Å². The first kappa shape index (κ1) is 13.2. The van der Waals surface area contributed by atoms with Crippen molar-refractivity contribution in [3.05, 3.63) is 11.4 Å². The van der Waals surface area contributed by atoms with Gasteiger partial charge in [-0.15, -0.1) is 16.7 Å². The van der Waals surface area contributed by atoms with Gasteiger partial charge in [-0.1, -0.05) is 20.8 Å². The van der Waals surface area contributed by atoms with Crippen molar-refractivity contribution in [2.75, 3.05) is 11.9 Å². The van der Waals surface area contributed by atoms with Gasteiger partial charge in [0, 0.05) is 6.54 Å². The number of nitrogens with zero attached hydrogens (tertiary/aromatic N) is 3. The van der Waals surface area contributed by atoms with Crippen LogP contribution in [0.15, 0.2) is 0 Å². The van der Waals surface area contributed by atoms with E-state index >= 15 is 0 Å². The molecule has 90 valence electrons. The first-order valence-electron chi connectivity index (χ1n) is 5.81. The lowest BCUT2D eigenvalue weighted by molar-refractivity contribution is 0.796. The van der Waals surface area contributed by atoms with E-state index in [9.17, 15) is 0 Å². The fourth-order valence-electron chi connectivity index (χ4n) is 1.36. The molecule has 1 rings (SSSR count). The number of anilines is 1. The van der Waals surface area contributed by atoms with E-state index in [1.807, 2.05) is 0 Å². The summed E-state index contributed by atoms with van der Waals surface area (Å²) in [5.41, 5.74) is 1.99. The zero-order valence-corrected chi connectivity index (χ0v) is 10.9. The van der Waals surface area contributed by atoms with Crippen LogP contribution in [0.3, 0.4) is 0 Å². The van der Waals surface area contributed by atoms with E-state index < -0.39 is 0 Å². The standard InChI is InChI=1S/C11H19ClN4/c1-4-8(12)7-13-11-14-9(5-2)10(6-3)15-16-11/h8H,4-7H2,1-3H3,(H,13,14,16). The lowest BCUT2D eigenvalue weighted by Gasteiger charge is -2.09. The van der Waals surface area contributed by atoms with Crippen LogP contribution in [0, 0.1) is 0 Å². The van der Waals surface area contributed by atoms with Crippen molar-refractivity contribution in [1.82, 2.24) is 15.2 Å². The summed E-state index contributed by atoms with van der Waals surface area (Å²) in [6.07, 6.45) is 2.68. The van der Waals surface area contributed by atoms with Crippen molar-refractivity contribution in [3.8, 4) is 0 Å². The number of aromatic nitrogens is 3. The summed E-state index contributed by atoms with van der Waals surface area (Å²) in [6.45, 7) is 6.86. The Morgan fingerprint density at radius 2 is 1.81 bits per heavy atom. The summed E-state index contributed by atoms with van der Waals surface area (Å²) in [4.78, 5) is 4.42. The second kappa shape index (κ2) is 6.63. The predicted octanol–water partition coefficient (Wildman–Crippen LogP) is 2.43. The number of nitrogens with one attached hydrogen (secondary N) is 1. The van der Waals surface area contributed by atoms with Crippen LogP contribution in [0.5, 0.6) is 0 Å². The molecule has 0 aliphatic carbocycles. The van der Waals surface area contributed by atoms with Crippen LogP contribution in [-0.2, 0) is 12.8 Å². The molecule has 0 aromatic carbocycles. The maximum Gasteiger partial charge on any atom is 0.243 e. The smallest absolute Gasteiger partial charge is 0.243 e. The molecule has 0 bridgehead atoms. The first-order chi connectivity index (χ1) is 7.71. The van der Waals surface area contributed by atoms with Gasteiger partial charge in [-0.25, -0.2) is 4.98 Å². The second-order valence-corrected chi connectivity index (χ2v) is 4.24. The molecule has 0 saturated carbocycles. The van der Waals surface area contributed by atoms with E-state index in [-0.39, 0.29) is 5.38 Å². The van der Waals surface area contributed by atoms with Gasteiger partial charge in [0.1, 0.15) is 0 Å². The third-order valence-corrected chi connectivity index (χ3v) is 2.90. The van der Waals surface area contributed by atoms with Crippen molar-refractivity contribution < 1.29 is 0 Å². The van der Waals surface area contributed by atoms with Crippen LogP contribution in [-0.4, -0.2) is 27.1 Å². The minimum atomic E-state index is 0.111. The minimum absolute atomic E-state index is 0.111. The summed E-state index contributed by atoms with van der Waals surface area (Å²) < 4.78 is 0. The largest absolute Gasteiger partial charge is 0.351 e. The monoisotopic (exact) mass is 242 g/mol. The molecule has 0 amide bonds. The Kier molecular flexibility index (Phi) is 5.46. The Balaban J connectivity index is 2.67. The van der Waals surface area contributed by atoms with Crippen LogP contribution in [0.25, 0.3) is 0 Å². The molecular weight excluding hydrogens is 224 g/mol. The van der Waals surface area contributed by atoms with Gasteiger partial charge in [0.15, 0.2) is 0 Å². The van der Waals surface area contributed by atoms with Crippen molar-refractivity contribution in [2.45, 2.75) is 45.4 Å². The molecular formula is C11H19ClN4. The third-order valence-electron chi connectivity index (χ3n) is 2.43. The van der Waals surface area contributed by atoms with Gasteiger partial charge in [0.05, 0.1) is 16.8 Å². The van der Waals surface area contributed by atoms with Crippen LogP contribution in [0.4, 0.5) is 5.95 Å². The topological polar surface area (TPSA) is 50.7 Å². The Labute approximate surface area is 102 Å². The summed E-state index contributed by atoms with van der Waals surface area (Å²) in [7, 11) is 0. The van der Waals surface area contributed by atoms with Crippen molar-refractivity contribution in [2.24, 2.45) is 0 Å². The van der Waals surface area contributed by atoms with Crippen molar-refractivity contribution >= 4 is 17.5 Å². The zero-order valence-electron chi connectivity index (χ0n) is 10.1. The van der Waals surface area contributed by atoms with Crippen molar-refractivity contribution in [1.29, 1.82) is 0 Å². The molecule has 1 heterocycles. The predicted molar refractivity (Wildman–Crippen MR) is 67.0 cm³/mol. The Morgan fingerprint density at radius 1 is 1.12 bits per heavy atom. The number of aryl methyl sites for hydroxylation is 2. The molecule has 1 N–H and O–H groups in total. The van der Waals surface area contributed by atoms with E-state index in [0.29, 0.717) is 12.5 Å². The van der Waals surface area contributed by atoms with Gasteiger partial charge in [0.25, 0.3) is 0 Å². The molecule has 1 aromatic rings. The van der Waals surface area contributed by atoms with Crippen LogP contribution in [0.1, 0.15) is 38.6 Å². The van der Waals surface area contributed by atoms with Gasteiger partial charge < -0.3 is 5.32 Å². The van der Waals surface area contributed by atoms with E-state index in [4.69, 9.17) is 11.6 Å². The van der Waals surface area contributed by atoms with Crippen LogP contribution < -0.4 is 5.32 Å². The maximum atomic E-state index is 6.01. The average molecular weight is 243 g/mol. The number of hydrogen-bond donors (Lipinski definition) is 1. The van der Waals surface area contributed by atoms with Crippen LogP contribution in [0.2, 0.25) is 0 Å². The Morgan fingerprint density at radius 3 is 2.38 bits per heavy atom. The van der Waals surface area contributed by atoms with E-state index in [2.05, 4.69) is 41.3 Å². The average Bonchev–Trinajstić information content (AvgIpc) is 2.35. The number of halogens is 1. The highest BCUT2D eigenvalue weighted by Gasteiger charge is 2.07. The molecule has 1 atom stereocenters. The normalized spacial score (nSPS) is 12.5. The number of alkyl halides is 1. The molecule has 16 heavy (non-hydrogen) atoms. The van der Waals surface area contributed by atoms with E-state index in [1.54, 1.807) is 0 Å². The van der Waals surface area contributed by atoms with E-state index in [0.717, 1.165) is 30.7 Å². The van der Waals surface area contributed by atoms with E-state index in [1.165, 1.54) is 0 Å². The summed E-state index contributed by atoms with van der Waals surface area (Å²) in [5.74, 6) is 0.577. The number of rotatable bonds is 6. The Hall–Kier alpha value is -0.900. The summed E-state index contributed by atoms with van der Waals surface area (Å²) in [6, 6.07) is 0. The Bertz CT molecular complexity index is 330. The first-order valence-corrected chi connectivity index (χ1v) is 6.25. The highest BCUT2D eigenvalue weighted by atomic mass is 35.5. The molecule has 0 aliphatic heterocycles. The fraction of sp³-hybridized carbons (Fsp3) is 0.727. The van der Waals surface area contributed by atoms with Gasteiger partial charge >= 0.3 is 0 Å². The number of hydrogen-bond acceptors (Lipinski definition) is 4. The molecule has 5 heteroatoms. The van der Waals surface area contributed by atoms with Crippen LogP contribution >= 0.6 is 11.6 Å². The molecule has 0 spiro atoms. The van der Waals surface area contributed by atoms with Crippen molar-refractivity contribution in [3.63, 3.8) is 0 Å². The molecule has 0 radical (unpaired) electrons. The zero-order chi connectivity index (χ0) is 12.0. The quantitative estimate of drug-likeness (QED) is 0.779. The second-order valence-electron chi connectivity index (χ2n) is 3.62. The minimum Gasteiger partial charge on any atom is -0.351 e. The molecule has 0 saturated heterocycles. The van der Waals surface area contributed by atoms with Gasteiger partial charge in [-0.2, -0.15) is 5.10 Å². The highest BCUT2D eigenvalue weighted by Crippen LogP contribution is 2.08. The third kappa shape index (κ3) is 3.59. The summed E-state index contributed by atoms with van der Waals surface area (Å²) in [5, 5.41) is 11.4. The molecule has 0 aliphatic rings. The highest BCUT2D eigenvalue weighted by molar-refractivity contribution is 6.20. The summed E-state index contributed by atoms with van der Waals surface area (Å²) >= 11 is 6.01. The lowest BCUT2D eigenvalue weighted by Crippen LogP contribution is -2.16. The fourth-order valence-corrected chi connectivity index (χ4v) is 1.44. The molecule has 0 fully saturated rings.